The first-order chi connectivity index (χ1) is 13.6. The number of aryl methyl sites for hydroxylation is 1. The summed E-state index contributed by atoms with van der Waals surface area (Å²) in [5.74, 6) is -1.09. The molecule has 0 amide bonds. The number of imidazole rings is 1. The van der Waals surface area contributed by atoms with Crippen molar-refractivity contribution in [3.63, 3.8) is 0 Å². The van der Waals surface area contributed by atoms with Gasteiger partial charge in [0.25, 0.3) is 0 Å². The number of H-pyrrole nitrogens is 1. The van der Waals surface area contributed by atoms with Gasteiger partial charge in [-0.1, -0.05) is 49.7 Å². The molecule has 154 valence electrons. The zero-order chi connectivity index (χ0) is 21.2. The van der Waals surface area contributed by atoms with Crippen LogP contribution in [0.25, 0.3) is 22.5 Å². The van der Waals surface area contributed by atoms with Crippen molar-refractivity contribution in [3.8, 4) is 22.5 Å². The highest BCUT2D eigenvalue weighted by Crippen LogP contribution is 2.36. The Morgan fingerprint density at radius 2 is 1.55 bits per heavy atom. The summed E-state index contributed by atoms with van der Waals surface area (Å²) >= 11 is 0. The SMILES string of the molecule is CCCCc1ccc(-c2[nH]c(C(F)(F)F)nc2-c2ccc(S(C)(=O)=O)cc2)cc1. The second-order valence-electron chi connectivity index (χ2n) is 6.90. The first kappa shape index (κ1) is 21.1. The number of nitrogens with one attached hydrogen (secondary N) is 1. The van der Waals surface area contributed by atoms with Gasteiger partial charge in [0.2, 0.25) is 5.82 Å². The van der Waals surface area contributed by atoms with Gasteiger partial charge in [0.05, 0.1) is 16.3 Å². The lowest BCUT2D eigenvalue weighted by Crippen LogP contribution is -2.07. The van der Waals surface area contributed by atoms with Crippen molar-refractivity contribution in [3.05, 3.63) is 59.9 Å². The number of aromatic nitrogens is 2. The van der Waals surface area contributed by atoms with Gasteiger partial charge in [0, 0.05) is 17.4 Å². The summed E-state index contributed by atoms with van der Waals surface area (Å²) in [5.41, 5.74) is 2.46. The minimum Gasteiger partial charge on any atom is -0.334 e. The number of rotatable bonds is 6. The van der Waals surface area contributed by atoms with Gasteiger partial charge in [-0.25, -0.2) is 13.4 Å². The van der Waals surface area contributed by atoms with Gasteiger partial charge in [-0.3, -0.25) is 0 Å². The summed E-state index contributed by atoms with van der Waals surface area (Å²) in [7, 11) is -3.40. The lowest BCUT2D eigenvalue weighted by atomic mass is 10.0. The van der Waals surface area contributed by atoms with Crippen LogP contribution < -0.4 is 0 Å². The van der Waals surface area contributed by atoms with Gasteiger partial charge in [-0.05, 0) is 30.5 Å². The van der Waals surface area contributed by atoms with E-state index < -0.39 is 21.8 Å². The number of sulfone groups is 1. The van der Waals surface area contributed by atoms with Crippen LogP contribution in [0.1, 0.15) is 31.2 Å². The van der Waals surface area contributed by atoms with Crippen LogP contribution in [0.15, 0.2) is 53.4 Å². The van der Waals surface area contributed by atoms with Crippen LogP contribution in [-0.4, -0.2) is 24.6 Å². The summed E-state index contributed by atoms with van der Waals surface area (Å²) in [6, 6.07) is 13.0. The maximum absolute atomic E-state index is 13.3. The van der Waals surface area contributed by atoms with Gasteiger partial charge in [-0.15, -0.1) is 0 Å². The Balaban J connectivity index is 2.06. The average Bonchev–Trinajstić information content (AvgIpc) is 3.12. The van der Waals surface area contributed by atoms with Crippen molar-refractivity contribution in [2.45, 2.75) is 37.3 Å². The summed E-state index contributed by atoms with van der Waals surface area (Å²) < 4.78 is 63.1. The molecule has 3 rings (SSSR count). The topological polar surface area (TPSA) is 62.8 Å². The van der Waals surface area contributed by atoms with Gasteiger partial charge < -0.3 is 4.98 Å². The molecule has 0 saturated carbocycles. The van der Waals surface area contributed by atoms with Crippen molar-refractivity contribution in [2.75, 3.05) is 6.26 Å². The Morgan fingerprint density at radius 3 is 2.07 bits per heavy atom. The Morgan fingerprint density at radius 1 is 0.966 bits per heavy atom. The van der Waals surface area contributed by atoms with Gasteiger partial charge >= 0.3 is 6.18 Å². The molecule has 0 saturated heterocycles. The third kappa shape index (κ3) is 4.87. The Kier molecular flexibility index (Phi) is 5.84. The maximum atomic E-state index is 13.3. The van der Waals surface area contributed by atoms with Crippen molar-refractivity contribution < 1.29 is 21.6 Å². The molecule has 0 bridgehead atoms. The lowest BCUT2D eigenvalue weighted by molar-refractivity contribution is -0.144. The molecule has 1 aromatic heterocycles. The average molecular weight is 422 g/mol. The van der Waals surface area contributed by atoms with Crippen LogP contribution in [0.3, 0.4) is 0 Å². The third-order valence-corrected chi connectivity index (χ3v) is 5.72. The highest BCUT2D eigenvalue weighted by atomic mass is 32.2. The van der Waals surface area contributed by atoms with Crippen LogP contribution in [-0.2, 0) is 22.4 Å². The summed E-state index contributed by atoms with van der Waals surface area (Å²) in [6.07, 6.45) is -0.539. The van der Waals surface area contributed by atoms with Crippen LogP contribution in [0, 0.1) is 0 Å². The summed E-state index contributed by atoms with van der Waals surface area (Å²) in [4.78, 5) is 6.24. The highest BCUT2D eigenvalue weighted by Gasteiger charge is 2.36. The molecule has 1 heterocycles. The number of hydrogen-bond donors (Lipinski definition) is 1. The Hall–Kier alpha value is -2.61. The predicted octanol–water partition coefficient (Wildman–Crippen LogP) is 5.51. The van der Waals surface area contributed by atoms with Crippen molar-refractivity contribution in [2.24, 2.45) is 0 Å². The van der Waals surface area contributed by atoms with E-state index >= 15 is 0 Å². The van der Waals surface area contributed by atoms with Gasteiger partial charge in [-0.2, -0.15) is 13.2 Å². The quantitative estimate of drug-likeness (QED) is 0.570. The van der Waals surface area contributed by atoms with Gasteiger partial charge in [0.15, 0.2) is 9.84 Å². The molecule has 0 atom stereocenters. The number of benzene rings is 2. The molecule has 1 N–H and O–H groups in total. The highest BCUT2D eigenvalue weighted by molar-refractivity contribution is 7.90. The van der Waals surface area contributed by atoms with E-state index in [0.717, 1.165) is 31.1 Å². The fourth-order valence-electron chi connectivity index (χ4n) is 3.00. The lowest BCUT2D eigenvalue weighted by Gasteiger charge is -2.06. The van der Waals surface area contributed by atoms with E-state index in [2.05, 4.69) is 16.9 Å². The van der Waals surface area contributed by atoms with Crippen LogP contribution >= 0.6 is 0 Å². The van der Waals surface area contributed by atoms with E-state index in [1.54, 1.807) is 12.1 Å². The predicted molar refractivity (Wildman–Crippen MR) is 106 cm³/mol. The molecule has 0 aliphatic carbocycles. The molecule has 8 heteroatoms. The third-order valence-electron chi connectivity index (χ3n) is 4.59. The first-order valence-corrected chi connectivity index (χ1v) is 11.1. The minimum absolute atomic E-state index is 0.0923. The number of hydrogen-bond acceptors (Lipinski definition) is 3. The van der Waals surface area contributed by atoms with Crippen LogP contribution in [0.5, 0.6) is 0 Å². The number of unbranched alkanes of at least 4 members (excludes halogenated alkanes) is 1. The van der Waals surface area contributed by atoms with E-state index in [1.807, 2.05) is 12.1 Å². The monoisotopic (exact) mass is 422 g/mol. The standard InChI is InChI=1S/C21H21F3N2O2S/c1-3-4-5-14-6-8-15(9-7-14)18-19(26-20(25-18)21(22,23)24)16-10-12-17(13-11-16)29(2,27)28/h6-13H,3-5H2,1-2H3,(H,25,26). The molecule has 2 aromatic carbocycles. The van der Waals surface area contributed by atoms with E-state index in [-0.39, 0.29) is 16.3 Å². The summed E-state index contributed by atoms with van der Waals surface area (Å²) in [6.45, 7) is 2.10. The van der Waals surface area contributed by atoms with E-state index in [9.17, 15) is 21.6 Å². The molecule has 0 aliphatic heterocycles. The largest absolute Gasteiger partial charge is 0.449 e. The number of aromatic amines is 1. The summed E-state index contributed by atoms with van der Waals surface area (Å²) in [5, 5.41) is 0. The Labute approximate surface area is 167 Å². The van der Waals surface area contributed by atoms with E-state index in [0.29, 0.717) is 11.1 Å². The molecule has 0 spiro atoms. The normalized spacial score (nSPS) is 12.3. The van der Waals surface area contributed by atoms with Crippen molar-refractivity contribution >= 4 is 9.84 Å². The fourth-order valence-corrected chi connectivity index (χ4v) is 3.63. The smallest absolute Gasteiger partial charge is 0.334 e. The van der Waals surface area contributed by atoms with Gasteiger partial charge in [0.1, 0.15) is 0 Å². The molecular weight excluding hydrogens is 401 g/mol. The van der Waals surface area contributed by atoms with E-state index in [1.165, 1.54) is 24.3 Å². The van der Waals surface area contributed by atoms with Crippen LogP contribution in [0.2, 0.25) is 0 Å². The number of halogens is 3. The Bertz CT molecular complexity index is 1080. The second-order valence-corrected chi connectivity index (χ2v) is 8.92. The first-order valence-electron chi connectivity index (χ1n) is 9.16. The maximum Gasteiger partial charge on any atom is 0.449 e. The van der Waals surface area contributed by atoms with Crippen molar-refractivity contribution in [1.82, 2.24) is 9.97 Å². The minimum atomic E-state index is -4.62. The molecule has 29 heavy (non-hydrogen) atoms. The molecular formula is C21H21F3N2O2S. The molecule has 3 aromatic rings. The van der Waals surface area contributed by atoms with Crippen LogP contribution in [0.4, 0.5) is 13.2 Å². The zero-order valence-electron chi connectivity index (χ0n) is 16.0. The van der Waals surface area contributed by atoms with Crippen molar-refractivity contribution in [1.29, 1.82) is 0 Å². The number of alkyl halides is 3. The molecule has 0 aliphatic rings. The molecule has 0 radical (unpaired) electrons. The zero-order valence-corrected chi connectivity index (χ0v) is 16.9. The fraction of sp³-hybridized carbons (Fsp3) is 0.286. The molecule has 0 unspecified atom stereocenters. The van der Waals surface area contributed by atoms with E-state index in [4.69, 9.17) is 0 Å². The molecule has 0 fully saturated rings. The molecule has 4 nitrogen and oxygen atoms in total. The second kappa shape index (κ2) is 8.02. The number of nitrogens with zero attached hydrogens (tertiary/aromatic N) is 1.